The second-order valence-electron chi connectivity index (χ2n) is 7.76. The van der Waals surface area contributed by atoms with Crippen LogP contribution in [0.3, 0.4) is 0 Å². The first kappa shape index (κ1) is 25.7. The molecule has 0 bridgehead atoms. The van der Waals surface area contributed by atoms with E-state index in [0.717, 1.165) is 58.4 Å². The lowest BCUT2D eigenvalue weighted by Crippen LogP contribution is -2.60. The van der Waals surface area contributed by atoms with Gasteiger partial charge in [-0.3, -0.25) is 9.89 Å². The van der Waals surface area contributed by atoms with Crippen LogP contribution in [0.5, 0.6) is 0 Å². The molecule has 2 fully saturated rings. The van der Waals surface area contributed by atoms with Gasteiger partial charge < -0.3 is 20.1 Å². The van der Waals surface area contributed by atoms with Gasteiger partial charge in [0.25, 0.3) is 0 Å². The summed E-state index contributed by atoms with van der Waals surface area (Å²) >= 11 is 2.06. The van der Waals surface area contributed by atoms with Gasteiger partial charge in [-0.15, -0.1) is 24.0 Å². The zero-order valence-corrected chi connectivity index (χ0v) is 21.4. The summed E-state index contributed by atoms with van der Waals surface area (Å²) in [5.41, 5.74) is 1.45. The standard InChI is InChI=1S/C22H36N4O2S.HI/c1-19(20-7-4-3-5-8-20)28-13-6-10-24-21(23-2)25-17-22(9-16-29-18-22)26-11-14-27-15-12-26;/h3-5,7-8,19H,6,9-18H2,1-2H3,(H2,23,24,25);1H. The van der Waals surface area contributed by atoms with Gasteiger partial charge in [-0.2, -0.15) is 11.8 Å². The highest BCUT2D eigenvalue weighted by Gasteiger charge is 2.40. The van der Waals surface area contributed by atoms with Crippen molar-refractivity contribution in [3.8, 4) is 0 Å². The number of hydrogen-bond acceptors (Lipinski definition) is 5. The molecule has 2 saturated heterocycles. The molecule has 0 aromatic heterocycles. The van der Waals surface area contributed by atoms with Gasteiger partial charge in [0.2, 0.25) is 0 Å². The van der Waals surface area contributed by atoms with Gasteiger partial charge in [0.15, 0.2) is 5.96 Å². The molecule has 0 radical (unpaired) electrons. The van der Waals surface area contributed by atoms with E-state index in [-0.39, 0.29) is 35.6 Å². The van der Waals surface area contributed by atoms with Gasteiger partial charge in [-0.05, 0) is 31.1 Å². The third kappa shape index (κ3) is 7.55. The number of nitrogens with one attached hydrogen (secondary N) is 2. The molecule has 3 rings (SSSR count). The predicted molar refractivity (Wildman–Crippen MR) is 137 cm³/mol. The second-order valence-corrected chi connectivity index (χ2v) is 8.86. The SMILES string of the molecule is CN=C(NCCCOC(C)c1ccccc1)NCC1(N2CCOCC2)CCSC1.I. The molecule has 2 aliphatic heterocycles. The Labute approximate surface area is 203 Å². The number of morpholine rings is 1. The first-order chi connectivity index (χ1) is 14.2. The Bertz CT molecular complexity index is 623. The van der Waals surface area contributed by atoms with Crippen molar-refractivity contribution in [2.24, 2.45) is 4.99 Å². The topological polar surface area (TPSA) is 58.1 Å². The molecule has 2 atom stereocenters. The molecule has 2 unspecified atom stereocenters. The van der Waals surface area contributed by atoms with Gasteiger partial charge in [0, 0.05) is 51.1 Å². The highest BCUT2D eigenvalue weighted by atomic mass is 127. The van der Waals surface area contributed by atoms with Gasteiger partial charge >= 0.3 is 0 Å². The maximum atomic E-state index is 5.96. The number of hydrogen-bond donors (Lipinski definition) is 2. The molecule has 30 heavy (non-hydrogen) atoms. The summed E-state index contributed by atoms with van der Waals surface area (Å²) in [7, 11) is 1.84. The Kier molecular flexibility index (Phi) is 11.8. The number of rotatable bonds is 9. The van der Waals surface area contributed by atoms with E-state index < -0.39 is 0 Å². The molecule has 6 nitrogen and oxygen atoms in total. The van der Waals surface area contributed by atoms with Crippen molar-refractivity contribution in [1.82, 2.24) is 15.5 Å². The molecule has 1 aromatic rings. The maximum Gasteiger partial charge on any atom is 0.191 e. The van der Waals surface area contributed by atoms with Crippen LogP contribution in [-0.4, -0.2) is 81.0 Å². The lowest BCUT2D eigenvalue weighted by atomic mass is 9.95. The summed E-state index contributed by atoms with van der Waals surface area (Å²) in [4.78, 5) is 7.03. The first-order valence-electron chi connectivity index (χ1n) is 10.8. The molecule has 2 N–H and O–H groups in total. The summed E-state index contributed by atoms with van der Waals surface area (Å²) in [6.07, 6.45) is 2.30. The molecule has 0 spiro atoms. The molecule has 170 valence electrons. The fraction of sp³-hybridized carbons (Fsp3) is 0.682. The average molecular weight is 549 g/mol. The Morgan fingerprint density at radius 1 is 1.27 bits per heavy atom. The van der Waals surface area contributed by atoms with Crippen molar-refractivity contribution < 1.29 is 9.47 Å². The zero-order chi connectivity index (χ0) is 20.4. The third-order valence-electron chi connectivity index (χ3n) is 5.82. The quantitative estimate of drug-likeness (QED) is 0.214. The van der Waals surface area contributed by atoms with Gasteiger partial charge in [-0.1, -0.05) is 30.3 Å². The number of benzene rings is 1. The van der Waals surface area contributed by atoms with Gasteiger partial charge in [-0.25, -0.2) is 0 Å². The van der Waals surface area contributed by atoms with Crippen molar-refractivity contribution >= 4 is 41.7 Å². The molecule has 0 saturated carbocycles. The van der Waals surface area contributed by atoms with E-state index in [2.05, 4.69) is 63.5 Å². The van der Waals surface area contributed by atoms with E-state index >= 15 is 0 Å². The lowest BCUT2D eigenvalue weighted by Gasteiger charge is -2.43. The van der Waals surface area contributed by atoms with E-state index in [1.165, 1.54) is 23.5 Å². The van der Waals surface area contributed by atoms with Crippen LogP contribution in [0.1, 0.15) is 31.4 Å². The number of nitrogens with zero attached hydrogens (tertiary/aromatic N) is 2. The lowest BCUT2D eigenvalue weighted by molar-refractivity contribution is -0.0120. The summed E-state index contributed by atoms with van der Waals surface area (Å²) in [5.74, 6) is 3.30. The van der Waals surface area contributed by atoms with E-state index in [1.54, 1.807) is 0 Å². The van der Waals surface area contributed by atoms with Crippen LogP contribution in [0, 0.1) is 0 Å². The van der Waals surface area contributed by atoms with Crippen LogP contribution in [-0.2, 0) is 9.47 Å². The van der Waals surface area contributed by atoms with E-state index in [0.29, 0.717) is 0 Å². The van der Waals surface area contributed by atoms with Gasteiger partial charge in [0.05, 0.1) is 19.3 Å². The molecular weight excluding hydrogens is 511 g/mol. The minimum atomic E-state index is 0. The molecule has 0 aliphatic carbocycles. The Balaban J connectivity index is 0.00000320. The average Bonchev–Trinajstić information content (AvgIpc) is 3.27. The van der Waals surface area contributed by atoms with Crippen LogP contribution >= 0.6 is 35.7 Å². The van der Waals surface area contributed by atoms with Crippen LogP contribution < -0.4 is 10.6 Å². The van der Waals surface area contributed by atoms with Crippen molar-refractivity contribution in [2.75, 3.05) is 64.6 Å². The maximum absolute atomic E-state index is 5.96. The summed E-state index contributed by atoms with van der Waals surface area (Å²) in [6.45, 7) is 8.38. The van der Waals surface area contributed by atoms with E-state index in [1.807, 2.05) is 13.1 Å². The number of thioether (sulfide) groups is 1. The van der Waals surface area contributed by atoms with E-state index in [9.17, 15) is 0 Å². The minimum absolute atomic E-state index is 0. The summed E-state index contributed by atoms with van der Waals surface area (Å²) in [5, 5.41) is 7.01. The Hall–Kier alpha value is -0.550. The minimum Gasteiger partial charge on any atom is -0.379 e. The van der Waals surface area contributed by atoms with Crippen LogP contribution in [0.15, 0.2) is 35.3 Å². The van der Waals surface area contributed by atoms with Crippen LogP contribution in [0.25, 0.3) is 0 Å². The first-order valence-corrected chi connectivity index (χ1v) is 11.9. The largest absolute Gasteiger partial charge is 0.379 e. The van der Waals surface area contributed by atoms with E-state index in [4.69, 9.17) is 9.47 Å². The molecule has 1 aromatic carbocycles. The highest BCUT2D eigenvalue weighted by Crippen LogP contribution is 2.33. The Morgan fingerprint density at radius 2 is 2.03 bits per heavy atom. The summed E-state index contributed by atoms with van der Waals surface area (Å²) in [6, 6.07) is 10.4. The fourth-order valence-corrected chi connectivity index (χ4v) is 5.44. The Morgan fingerprint density at radius 3 is 2.70 bits per heavy atom. The second kappa shape index (κ2) is 13.8. The predicted octanol–water partition coefficient (Wildman–Crippen LogP) is 3.15. The summed E-state index contributed by atoms with van der Waals surface area (Å²) < 4.78 is 11.5. The normalized spacial score (nSPS) is 23.6. The molecule has 0 amide bonds. The van der Waals surface area contributed by atoms with Crippen LogP contribution in [0.2, 0.25) is 0 Å². The smallest absolute Gasteiger partial charge is 0.191 e. The van der Waals surface area contributed by atoms with Crippen molar-refractivity contribution in [1.29, 1.82) is 0 Å². The highest BCUT2D eigenvalue weighted by molar-refractivity contribution is 14.0. The molecule has 8 heteroatoms. The monoisotopic (exact) mass is 548 g/mol. The molecule has 2 heterocycles. The number of guanidine groups is 1. The zero-order valence-electron chi connectivity index (χ0n) is 18.3. The van der Waals surface area contributed by atoms with Crippen molar-refractivity contribution in [3.63, 3.8) is 0 Å². The van der Waals surface area contributed by atoms with Crippen molar-refractivity contribution in [2.45, 2.75) is 31.4 Å². The molecule has 2 aliphatic rings. The number of ether oxygens (including phenoxy) is 2. The third-order valence-corrected chi connectivity index (χ3v) is 7.06. The number of halogens is 1. The van der Waals surface area contributed by atoms with Gasteiger partial charge in [0.1, 0.15) is 0 Å². The number of aliphatic imine (C=N–C) groups is 1. The van der Waals surface area contributed by atoms with Crippen molar-refractivity contribution in [3.05, 3.63) is 35.9 Å². The van der Waals surface area contributed by atoms with Crippen LogP contribution in [0.4, 0.5) is 0 Å². The molecular formula is C22H37IN4O2S. The fourth-order valence-electron chi connectivity index (χ4n) is 3.96.